The van der Waals surface area contributed by atoms with Gasteiger partial charge in [0.25, 0.3) is 0 Å². The highest BCUT2D eigenvalue weighted by Crippen LogP contribution is 2.17. The van der Waals surface area contributed by atoms with Crippen LogP contribution < -0.4 is 15.8 Å². The van der Waals surface area contributed by atoms with Crippen LogP contribution in [0.15, 0.2) is 48.5 Å². The molecule has 0 saturated carbocycles. The molecule has 0 aliphatic heterocycles. The van der Waals surface area contributed by atoms with Crippen LogP contribution in [0.4, 0.5) is 11.4 Å². The van der Waals surface area contributed by atoms with Crippen molar-refractivity contribution in [3.8, 4) is 5.75 Å². The standard InChI is InChI=1S/C16H18N2O2/c1-2-20-13-9-7-12(8-10-13)11-16(19)18-15-6-4-3-5-14(15)17/h3-10H,2,11,17H2,1H3,(H,18,19). The molecule has 0 aliphatic carbocycles. The Labute approximate surface area is 118 Å². The third-order valence-corrected chi connectivity index (χ3v) is 2.83. The Morgan fingerprint density at radius 3 is 2.50 bits per heavy atom. The topological polar surface area (TPSA) is 64.3 Å². The number of para-hydroxylation sites is 2. The predicted molar refractivity (Wildman–Crippen MR) is 80.8 cm³/mol. The predicted octanol–water partition coefficient (Wildman–Crippen LogP) is 2.85. The van der Waals surface area contributed by atoms with Crippen molar-refractivity contribution in [1.29, 1.82) is 0 Å². The van der Waals surface area contributed by atoms with Crippen LogP contribution in [0.1, 0.15) is 12.5 Å². The third-order valence-electron chi connectivity index (χ3n) is 2.83. The van der Waals surface area contributed by atoms with Crippen molar-refractivity contribution in [3.05, 3.63) is 54.1 Å². The smallest absolute Gasteiger partial charge is 0.228 e. The van der Waals surface area contributed by atoms with Gasteiger partial charge in [0.1, 0.15) is 5.75 Å². The minimum Gasteiger partial charge on any atom is -0.494 e. The van der Waals surface area contributed by atoms with Crippen molar-refractivity contribution < 1.29 is 9.53 Å². The Morgan fingerprint density at radius 1 is 1.15 bits per heavy atom. The zero-order chi connectivity index (χ0) is 14.4. The van der Waals surface area contributed by atoms with Crippen molar-refractivity contribution >= 4 is 17.3 Å². The summed E-state index contributed by atoms with van der Waals surface area (Å²) in [7, 11) is 0. The molecule has 0 spiro atoms. The van der Waals surface area contributed by atoms with Crippen LogP contribution in [0.5, 0.6) is 5.75 Å². The number of hydrogen-bond donors (Lipinski definition) is 2. The van der Waals surface area contributed by atoms with Gasteiger partial charge in [0.15, 0.2) is 0 Å². The molecule has 0 fully saturated rings. The van der Waals surface area contributed by atoms with Crippen molar-refractivity contribution in [1.82, 2.24) is 0 Å². The van der Waals surface area contributed by atoms with Crippen LogP contribution in [0.2, 0.25) is 0 Å². The number of carbonyl (C=O) groups excluding carboxylic acids is 1. The van der Waals surface area contributed by atoms with E-state index in [0.29, 0.717) is 24.4 Å². The van der Waals surface area contributed by atoms with Crippen LogP contribution in [-0.4, -0.2) is 12.5 Å². The molecule has 2 aromatic carbocycles. The van der Waals surface area contributed by atoms with E-state index in [0.717, 1.165) is 11.3 Å². The van der Waals surface area contributed by atoms with Gasteiger partial charge in [-0.2, -0.15) is 0 Å². The van der Waals surface area contributed by atoms with Gasteiger partial charge in [-0.1, -0.05) is 24.3 Å². The summed E-state index contributed by atoms with van der Waals surface area (Å²) in [5.41, 5.74) is 7.92. The van der Waals surface area contributed by atoms with E-state index < -0.39 is 0 Å². The Kier molecular flexibility index (Phi) is 4.60. The number of nitrogens with two attached hydrogens (primary N) is 1. The first kappa shape index (κ1) is 13.9. The fraction of sp³-hybridized carbons (Fsp3) is 0.188. The van der Waals surface area contributed by atoms with Gasteiger partial charge in [-0.05, 0) is 36.8 Å². The number of nitrogens with one attached hydrogen (secondary N) is 1. The monoisotopic (exact) mass is 270 g/mol. The summed E-state index contributed by atoms with van der Waals surface area (Å²) in [6.45, 7) is 2.57. The second-order valence-corrected chi connectivity index (χ2v) is 4.39. The molecule has 0 aliphatic rings. The summed E-state index contributed by atoms with van der Waals surface area (Å²) in [5.74, 6) is 0.719. The van der Waals surface area contributed by atoms with Crippen molar-refractivity contribution in [2.24, 2.45) is 0 Å². The maximum atomic E-state index is 11.9. The van der Waals surface area contributed by atoms with Gasteiger partial charge in [0.05, 0.1) is 24.4 Å². The van der Waals surface area contributed by atoms with Crippen LogP contribution in [0.25, 0.3) is 0 Å². The lowest BCUT2D eigenvalue weighted by Gasteiger charge is -2.08. The van der Waals surface area contributed by atoms with Gasteiger partial charge < -0.3 is 15.8 Å². The molecule has 0 atom stereocenters. The second kappa shape index (κ2) is 6.61. The zero-order valence-corrected chi connectivity index (χ0v) is 11.4. The van der Waals surface area contributed by atoms with E-state index in [4.69, 9.17) is 10.5 Å². The Bertz CT molecular complexity index is 579. The number of benzene rings is 2. The Balaban J connectivity index is 1.96. The van der Waals surface area contributed by atoms with Gasteiger partial charge in [-0.3, -0.25) is 4.79 Å². The molecule has 4 nitrogen and oxygen atoms in total. The van der Waals surface area contributed by atoms with E-state index in [1.54, 1.807) is 12.1 Å². The largest absolute Gasteiger partial charge is 0.494 e. The van der Waals surface area contributed by atoms with Crippen LogP contribution in [-0.2, 0) is 11.2 Å². The molecule has 0 saturated heterocycles. The van der Waals surface area contributed by atoms with Crippen molar-refractivity contribution in [3.63, 3.8) is 0 Å². The summed E-state index contributed by atoms with van der Waals surface area (Å²) in [5, 5.41) is 2.80. The average Bonchev–Trinajstić information content (AvgIpc) is 2.44. The summed E-state index contributed by atoms with van der Waals surface area (Å²) in [6, 6.07) is 14.7. The van der Waals surface area contributed by atoms with Crippen LogP contribution >= 0.6 is 0 Å². The Hall–Kier alpha value is -2.49. The van der Waals surface area contributed by atoms with E-state index in [9.17, 15) is 4.79 Å². The minimum absolute atomic E-state index is 0.0907. The maximum Gasteiger partial charge on any atom is 0.228 e. The molecule has 1 amide bonds. The van der Waals surface area contributed by atoms with Crippen LogP contribution in [0, 0.1) is 0 Å². The number of ether oxygens (including phenoxy) is 1. The van der Waals surface area contributed by atoms with E-state index in [1.165, 1.54) is 0 Å². The molecular weight excluding hydrogens is 252 g/mol. The molecule has 3 N–H and O–H groups in total. The number of rotatable bonds is 5. The second-order valence-electron chi connectivity index (χ2n) is 4.39. The lowest BCUT2D eigenvalue weighted by Crippen LogP contribution is -2.15. The summed E-state index contributed by atoms with van der Waals surface area (Å²) in [6.07, 6.45) is 0.306. The SMILES string of the molecule is CCOc1ccc(CC(=O)Nc2ccccc2N)cc1. The summed E-state index contributed by atoms with van der Waals surface area (Å²) >= 11 is 0. The van der Waals surface area contributed by atoms with Gasteiger partial charge in [0, 0.05) is 0 Å². The van der Waals surface area contributed by atoms with Crippen molar-refractivity contribution in [2.75, 3.05) is 17.7 Å². The normalized spacial score (nSPS) is 10.1. The van der Waals surface area contributed by atoms with Gasteiger partial charge >= 0.3 is 0 Å². The first-order chi connectivity index (χ1) is 9.69. The molecule has 0 aromatic heterocycles. The molecule has 2 rings (SSSR count). The number of carbonyl (C=O) groups is 1. The molecule has 0 unspecified atom stereocenters. The third kappa shape index (κ3) is 3.75. The van der Waals surface area contributed by atoms with Gasteiger partial charge in [0.2, 0.25) is 5.91 Å². The van der Waals surface area contributed by atoms with E-state index in [2.05, 4.69) is 5.32 Å². The highest BCUT2D eigenvalue weighted by Gasteiger charge is 2.06. The molecule has 104 valence electrons. The summed E-state index contributed by atoms with van der Waals surface area (Å²) in [4.78, 5) is 11.9. The first-order valence-corrected chi connectivity index (χ1v) is 6.55. The van der Waals surface area contributed by atoms with Gasteiger partial charge in [-0.25, -0.2) is 0 Å². The molecule has 20 heavy (non-hydrogen) atoms. The van der Waals surface area contributed by atoms with E-state index >= 15 is 0 Å². The fourth-order valence-electron chi connectivity index (χ4n) is 1.86. The molecule has 2 aromatic rings. The minimum atomic E-state index is -0.0907. The zero-order valence-electron chi connectivity index (χ0n) is 11.4. The molecule has 0 heterocycles. The summed E-state index contributed by atoms with van der Waals surface area (Å²) < 4.78 is 5.36. The number of amides is 1. The number of anilines is 2. The quantitative estimate of drug-likeness (QED) is 0.821. The highest BCUT2D eigenvalue weighted by atomic mass is 16.5. The van der Waals surface area contributed by atoms with Gasteiger partial charge in [-0.15, -0.1) is 0 Å². The lowest BCUT2D eigenvalue weighted by atomic mass is 10.1. The molecular formula is C16H18N2O2. The highest BCUT2D eigenvalue weighted by molar-refractivity contribution is 5.95. The van der Waals surface area contributed by atoms with E-state index in [1.807, 2.05) is 43.3 Å². The average molecular weight is 270 g/mol. The maximum absolute atomic E-state index is 11.9. The molecule has 0 radical (unpaired) electrons. The number of hydrogen-bond acceptors (Lipinski definition) is 3. The molecule has 0 bridgehead atoms. The van der Waals surface area contributed by atoms with Crippen LogP contribution in [0.3, 0.4) is 0 Å². The fourth-order valence-corrected chi connectivity index (χ4v) is 1.86. The first-order valence-electron chi connectivity index (χ1n) is 6.55. The van der Waals surface area contributed by atoms with E-state index in [-0.39, 0.29) is 5.91 Å². The number of nitrogen functional groups attached to an aromatic ring is 1. The Morgan fingerprint density at radius 2 is 1.85 bits per heavy atom. The lowest BCUT2D eigenvalue weighted by molar-refractivity contribution is -0.115. The van der Waals surface area contributed by atoms with Crippen molar-refractivity contribution in [2.45, 2.75) is 13.3 Å². The molecule has 4 heteroatoms.